The number of hydrogen-bond acceptors (Lipinski definition) is 2. The number of halogens is 3. The zero-order chi connectivity index (χ0) is 12.9. The molecule has 0 bridgehead atoms. The van der Waals surface area contributed by atoms with Crippen molar-refractivity contribution < 1.29 is 22.7 Å². The van der Waals surface area contributed by atoms with Crippen molar-refractivity contribution in [1.29, 1.82) is 0 Å². The molecule has 1 aromatic carbocycles. The molecular weight excluding hydrogens is 233 g/mol. The van der Waals surface area contributed by atoms with Crippen LogP contribution in [-0.2, 0) is 9.53 Å². The van der Waals surface area contributed by atoms with E-state index in [1.54, 1.807) is 0 Å². The maximum absolute atomic E-state index is 13.1. The number of alkyl halides is 2. The summed E-state index contributed by atoms with van der Waals surface area (Å²) in [6, 6.07) is 5.11. The Morgan fingerprint density at radius 3 is 2.76 bits per heavy atom. The van der Waals surface area contributed by atoms with Crippen molar-refractivity contribution in [2.45, 2.75) is 12.8 Å². The van der Waals surface area contributed by atoms with E-state index >= 15 is 0 Å². The summed E-state index contributed by atoms with van der Waals surface area (Å²) in [7, 11) is 0. The van der Waals surface area contributed by atoms with Gasteiger partial charge in [0, 0.05) is 0 Å². The van der Waals surface area contributed by atoms with Crippen LogP contribution in [0.25, 0.3) is 6.08 Å². The van der Waals surface area contributed by atoms with Gasteiger partial charge in [0.2, 0.25) is 0 Å². The highest BCUT2D eigenvalue weighted by atomic mass is 19.3. The number of carbonyl (C=O) groups is 1. The van der Waals surface area contributed by atoms with Crippen LogP contribution in [0, 0.1) is 5.82 Å². The molecule has 0 saturated carbocycles. The second kappa shape index (κ2) is 5.52. The fraction of sp³-hybridized carbons (Fsp3) is 0.250. The van der Waals surface area contributed by atoms with E-state index in [4.69, 9.17) is 0 Å². The minimum Gasteiger partial charge on any atom is -0.461 e. The number of ether oxygens (including phenoxy) is 1. The standard InChI is InChI=1S/C12H11F3O2/c1-2-17-11(16)12(14,15)7-6-9-4-3-5-10(13)8-9/h3-8H,2H2,1H3. The van der Waals surface area contributed by atoms with Crippen LogP contribution in [0.5, 0.6) is 0 Å². The van der Waals surface area contributed by atoms with E-state index in [9.17, 15) is 18.0 Å². The third-order valence-corrected chi connectivity index (χ3v) is 1.88. The highest BCUT2D eigenvalue weighted by Gasteiger charge is 2.37. The molecule has 0 aliphatic carbocycles. The van der Waals surface area contributed by atoms with Gasteiger partial charge in [-0.25, -0.2) is 9.18 Å². The summed E-state index contributed by atoms with van der Waals surface area (Å²) in [5.74, 6) is -5.86. The lowest BCUT2D eigenvalue weighted by Gasteiger charge is -2.09. The first-order valence-electron chi connectivity index (χ1n) is 4.95. The van der Waals surface area contributed by atoms with Gasteiger partial charge in [-0.1, -0.05) is 18.2 Å². The molecule has 0 aliphatic rings. The summed E-state index contributed by atoms with van der Waals surface area (Å²) in [6.45, 7) is 1.31. The van der Waals surface area contributed by atoms with Gasteiger partial charge in [-0.2, -0.15) is 8.78 Å². The Balaban J connectivity index is 2.79. The van der Waals surface area contributed by atoms with Gasteiger partial charge in [0.25, 0.3) is 0 Å². The smallest absolute Gasteiger partial charge is 0.381 e. The van der Waals surface area contributed by atoms with Gasteiger partial charge in [0.05, 0.1) is 6.61 Å². The molecule has 0 spiro atoms. The van der Waals surface area contributed by atoms with Crippen molar-refractivity contribution in [2.24, 2.45) is 0 Å². The van der Waals surface area contributed by atoms with Crippen LogP contribution in [0.15, 0.2) is 30.3 Å². The van der Waals surface area contributed by atoms with Crippen LogP contribution in [0.1, 0.15) is 12.5 Å². The Bertz CT molecular complexity index is 428. The van der Waals surface area contributed by atoms with Gasteiger partial charge in [0.15, 0.2) is 0 Å². The lowest BCUT2D eigenvalue weighted by atomic mass is 10.2. The Morgan fingerprint density at radius 2 is 2.18 bits per heavy atom. The molecule has 0 radical (unpaired) electrons. The minimum absolute atomic E-state index is 0.123. The average molecular weight is 244 g/mol. The SMILES string of the molecule is CCOC(=O)C(F)(F)C=Cc1cccc(F)c1. The van der Waals surface area contributed by atoms with Gasteiger partial charge in [-0.05, 0) is 30.7 Å². The summed E-state index contributed by atoms with van der Waals surface area (Å²) < 4.78 is 43.2. The van der Waals surface area contributed by atoms with Crippen LogP contribution in [0.3, 0.4) is 0 Å². The Kier molecular flexibility index (Phi) is 4.31. The van der Waals surface area contributed by atoms with Crippen molar-refractivity contribution in [3.05, 3.63) is 41.7 Å². The first kappa shape index (κ1) is 13.3. The van der Waals surface area contributed by atoms with Gasteiger partial charge in [0.1, 0.15) is 5.82 Å². The number of rotatable bonds is 4. The molecule has 0 N–H and O–H groups in total. The summed E-state index contributed by atoms with van der Waals surface area (Å²) in [6.07, 6.45) is 1.36. The predicted molar refractivity (Wildman–Crippen MR) is 57.0 cm³/mol. The lowest BCUT2D eigenvalue weighted by Crippen LogP contribution is -2.28. The largest absolute Gasteiger partial charge is 0.461 e. The average Bonchev–Trinajstić information content (AvgIpc) is 2.27. The van der Waals surface area contributed by atoms with Crippen molar-refractivity contribution in [3.63, 3.8) is 0 Å². The zero-order valence-electron chi connectivity index (χ0n) is 9.12. The molecule has 0 amide bonds. The quantitative estimate of drug-likeness (QED) is 0.761. The van der Waals surface area contributed by atoms with Crippen LogP contribution < -0.4 is 0 Å². The number of carbonyl (C=O) groups excluding carboxylic acids is 1. The second-order valence-corrected chi connectivity index (χ2v) is 3.23. The van der Waals surface area contributed by atoms with E-state index in [0.717, 1.165) is 12.1 Å². The van der Waals surface area contributed by atoms with Crippen LogP contribution in [0.2, 0.25) is 0 Å². The van der Waals surface area contributed by atoms with Crippen LogP contribution in [0.4, 0.5) is 13.2 Å². The van der Waals surface area contributed by atoms with E-state index in [1.807, 2.05) is 0 Å². The summed E-state index contributed by atoms with van der Waals surface area (Å²) in [4.78, 5) is 10.9. The molecule has 0 saturated heterocycles. The fourth-order valence-electron chi connectivity index (χ4n) is 1.11. The molecular formula is C12H11F3O2. The predicted octanol–water partition coefficient (Wildman–Crippen LogP) is 3.04. The van der Waals surface area contributed by atoms with Gasteiger partial charge >= 0.3 is 11.9 Å². The Morgan fingerprint density at radius 1 is 1.47 bits per heavy atom. The molecule has 0 aliphatic heterocycles. The van der Waals surface area contributed by atoms with Crippen molar-refractivity contribution in [2.75, 3.05) is 6.61 Å². The molecule has 5 heteroatoms. The van der Waals surface area contributed by atoms with Crippen molar-refractivity contribution in [3.8, 4) is 0 Å². The third-order valence-electron chi connectivity index (χ3n) is 1.88. The minimum atomic E-state index is -3.71. The molecule has 0 aromatic heterocycles. The first-order chi connectivity index (χ1) is 7.95. The molecule has 2 nitrogen and oxygen atoms in total. The van der Waals surface area contributed by atoms with E-state index in [2.05, 4.69) is 4.74 Å². The van der Waals surface area contributed by atoms with E-state index in [-0.39, 0.29) is 12.2 Å². The van der Waals surface area contributed by atoms with Gasteiger partial charge in [-0.15, -0.1) is 0 Å². The molecule has 1 rings (SSSR count). The Labute approximate surface area is 96.7 Å². The van der Waals surface area contributed by atoms with Gasteiger partial charge in [-0.3, -0.25) is 0 Å². The molecule has 0 heterocycles. The number of hydrogen-bond donors (Lipinski definition) is 0. The maximum Gasteiger partial charge on any atom is 0.381 e. The van der Waals surface area contributed by atoms with E-state index in [1.165, 1.54) is 25.1 Å². The Hall–Kier alpha value is -1.78. The molecule has 0 fully saturated rings. The van der Waals surface area contributed by atoms with Crippen molar-refractivity contribution in [1.82, 2.24) is 0 Å². The second-order valence-electron chi connectivity index (χ2n) is 3.23. The molecule has 0 unspecified atom stereocenters. The lowest BCUT2D eigenvalue weighted by molar-refractivity contribution is -0.164. The monoisotopic (exact) mass is 244 g/mol. The number of esters is 1. The fourth-order valence-corrected chi connectivity index (χ4v) is 1.11. The molecule has 92 valence electrons. The molecule has 17 heavy (non-hydrogen) atoms. The van der Waals surface area contributed by atoms with Crippen molar-refractivity contribution >= 4 is 12.0 Å². The topological polar surface area (TPSA) is 26.3 Å². The van der Waals surface area contributed by atoms with Crippen LogP contribution in [-0.4, -0.2) is 18.5 Å². The summed E-state index contributed by atoms with van der Waals surface area (Å²) in [5, 5.41) is 0. The zero-order valence-corrected chi connectivity index (χ0v) is 9.12. The van der Waals surface area contributed by atoms with Gasteiger partial charge < -0.3 is 4.74 Å². The molecule has 1 aromatic rings. The highest BCUT2D eigenvalue weighted by molar-refractivity contribution is 5.81. The highest BCUT2D eigenvalue weighted by Crippen LogP contribution is 2.19. The normalized spacial score (nSPS) is 11.8. The summed E-state index contributed by atoms with van der Waals surface area (Å²) >= 11 is 0. The van der Waals surface area contributed by atoms with E-state index < -0.39 is 17.7 Å². The first-order valence-corrected chi connectivity index (χ1v) is 4.95. The third kappa shape index (κ3) is 3.94. The molecule has 0 atom stereocenters. The van der Waals surface area contributed by atoms with Crippen LogP contribution >= 0.6 is 0 Å². The van der Waals surface area contributed by atoms with E-state index in [0.29, 0.717) is 6.08 Å². The summed E-state index contributed by atoms with van der Waals surface area (Å²) in [5.41, 5.74) is 0.244. The maximum atomic E-state index is 13.1. The number of benzene rings is 1.